The van der Waals surface area contributed by atoms with Gasteiger partial charge in [0.15, 0.2) is 17.2 Å². The van der Waals surface area contributed by atoms with E-state index < -0.39 is 29.8 Å². The highest BCUT2D eigenvalue weighted by Crippen LogP contribution is 2.34. The summed E-state index contributed by atoms with van der Waals surface area (Å²) in [5, 5.41) is 3.51. The Morgan fingerprint density at radius 2 is 1.87 bits per heavy atom. The minimum atomic E-state index is -4.54. The van der Waals surface area contributed by atoms with Crippen molar-refractivity contribution in [2.75, 3.05) is 18.0 Å². The lowest BCUT2D eigenvalue weighted by Gasteiger charge is -2.22. The van der Waals surface area contributed by atoms with Crippen LogP contribution in [-0.4, -0.2) is 48.7 Å². The number of halogens is 5. The maximum Gasteiger partial charge on any atom is 0.435 e. The van der Waals surface area contributed by atoms with E-state index >= 15 is 0 Å². The fraction of sp³-hybridized carbons (Fsp3) is 0.556. The van der Waals surface area contributed by atoms with E-state index in [2.05, 4.69) is 25.0 Å². The average molecular weight is 429 g/mol. The molecule has 4 rings (SSSR count). The number of H-pyrrole nitrogens is 1. The van der Waals surface area contributed by atoms with Crippen molar-refractivity contribution in [3.63, 3.8) is 0 Å². The van der Waals surface area contributed by atoms with Crippen LogP contribution in [0, 0.1) is 0 Å². The van der Waals surface area contributed by atoms with Gasteiger partial charge in [0.05, 0.1) is 13.1 Å². The summed E-state index contributed by atoms with van der Waals surface area (Å²) < 4.78 is 67.0. The van der Waals surface area contributed by atoms with Crippen molar-refractivity contribution in [3.05, 3.63) is 29.6 Å². The van der Waals surface area contributed by atoms with Gasteiger partial charge in [-0.2, -0.15) is 18.3 Å². The number of imidazole rings is 1. The molecule has 1 fully saturated rings. The lowest BCUT2D eigenvalue weighted by molar-refractivity contribution is -0.141. The minimum Gasteiger partial charge on any atom is -0.348 e. The fourth-order valence-corrected chi connectivity index (χ4v) is 3.24. The Kier molecular flexibility index (Phi) is 4.51. The molecule has 7 nitrogen and oxygen atoms in total. The van der Waals surface area contributed by atoms with Crippen LogP contribution in [0.2, 0.25) is 0 Å². The van der Waals surface area contributed by atoms with E-state index in [9.17, 15) is 22.0 Å². The van der Waals surface area contributed by atoms with E-state index in [-0.39, 0.29) is 25.2 Å². The van der Waals surface area contributed by atoms with Crippen molar-refractivity contribution in [2.24, 2.45) is 0 Å². The van der Waals surface area contributed by atoms with E-state index in [0.29, 0.717) is 23.0 Å². The molecule has 1 N–H and O–H groups in total. The molecule has 30 heavy (non-hydrogen) atoms. The molecule has 1 aliphatic rings. The normalized spacial score (nSPS) is 17.3. The number of alkyl halides is 5. The number of nitrogens with one attached hydrogen (secondary N) is 1. The molecule has 0 atom stereocenters. The van der Waals surface area contributed by atoms with Crippen LogP contribution in [-0.2, 0) is 18.1 Å². The van der Waals surface area contributed by atoms with Gasteiger partial charge in [-0.15, -0.1) is 0 Å². The second-order valence-electron chi connectivity index (χ2n) is 8.43. The summed E-state index contributed by atoms with van der Waals surface area (Å²) in [6, 6.07) is 0.873. The molecule has 0 saturated carbocycles. The van der Waals surface area contributed by atoms with Crippen molar-refractivity contribution in [1.29, 1.82) is 0 Å². The lowest BCUT2D eigenvalue weighted by atomic mass is 9.96. The molecule has 0 bridgehead atoms. The van der Waals surface area contributed by atoms with Gasteiger partial charge < -0.3 is 9.88 Å². The van der Waals surface area contributed by atoms with Crippen LogP contribution in [0.5, 0.6) is 0 Å². The number of aromatic nitrogens is 6. The number of aromatic amines is 1. The highest BCUT2D eigenvalue weighted by atomic mass is 19.4. The summed E-state index contributed by atoms with van der Waals surface area (Å²) in [5.74, 6) is -1.76. The first kappa shape index (κ1) is 20.5. The molecule has 0 unspecified atom stereocenters. The van der Waals surface area contributed by atoms with E-state index in [4.69, 9.17) is 0 Å². The Balaban J connectivity index is 1.73. The second-order valence-corrected chi connectivity index (χ2v) is 8.43. The van der Waals surface area contributed by atoms with Gasteiger partial charge >= 0.3 is 6.18 Å². The van der Waals surface area contributed by atoms with Crippen LogP contribution >= 0.6 is 0 Å². The Labute approximate surface area is 168 Å². The number of fused-ring (bicyclic) bond motifs is 1. The predicted molar refractivity (Wildman–Crippen MR) is 98.5 cm³/mol. The third-order valence-electron chi connectivity index (χ3n) is 4.76. The van der Waals surface area contributed by atoms with Crippen LogP contribution in [0.4, 0.5) is 27.8 Å². The molecule has 0 spiro atoms. The zero-order valence-corrected chi connectivity index (χ0v) is 16.6. The molecule has 4 heterocycles. The topological polar surface area (TPSA) is 75.5 Å². The molecule has 3 aromatic rings. The first-order chi connectivity index (χ1) is 13.8. The van der Waals surface area contributed by atoms with E-state index in [1.54, 1.807) is 0 Å². The van der Waals surface area contributed by atoms with Crippen LogP contribution in [0.3, 0.4) is 0 Å². The lowest BCUT2D eigenvalue weighted by Crippen LogP contribution is -2.27. The SMILES string of the molecule is CC(C)(C)c1nc(N2CCC(F)(F)C2)c2[nH]c(Cn3ccc(C(F)(F)F)n3)nc2n1. The Morgan fingerprint density at radius 1 is 1.13 bits per heavy atom. The maximum atomic E-state index is 13.8. The van der Waals surface area contributed by atoms with Gasteiger partial charge in [0.1, 0.15) is 17.2 Å². The molecule has 3 aromatic heterocycles. The van der Waals surface area contributed by atoms with Gasteiger partial charge in [0, 0.05) is 24.6 Å². The van der Waals surface area contributed by atoms with E-state index in [1.165, 1.54) is 11.1 Å². The van der Waals surface area contributed by atoms with Crippen molar-refractivity contribution in [1.82, 2.24) is 29.7 Å². The Hall–Kier alpha value is -2.79. The van der Waals surface area contributed by atoms with Gasteiger partial charge in [-0.05, 0) is 6.07 Å². The second kappa shape index (κ2) is 6.61. The largest absolute Gasteiger partial charge is 0.435 e. The number of hydrogen-bond donors (Lipinski definition) is 1. The summed E-state index contributed by atoms with van der Waals surface area (Å²) in [5.41, 5.74) is -0.806. The maximum absolute atomic E-state index is 13.8. The molecule has 162 valence electrons. The molecule has 1 aliphatic heterocycles. The number of nitrogens with zero attached hydrogens (tertiary/aromatic N) is 6. The van der Waals surface area contributed by atoms with Crippen molar-refractivity contribution < 1.29 is 22.0 Å². The summed E-state index contributed by atoms with van der Waals surface area (Å²) >= 11 is 0. The van der Waals surface area contributed by atoms with Crippen LogP contribution in [0.25, 0.3) is 11.2 Å². The molecule has 0 aromatic carbocycles. The molecular formula is C18H20F5N7. The highest BCUT2D eigenvalue weighted by Gasteiger charge is 2.40. The third-order valence-corrected chi connectivity index (χ3v) is 4.76. The van der Waals surface area contributed by atoms with Crippen LogP contribution in [0.1, 0.15) is 44.5 Å². The van der Waals surface area contributed by atoms with Crippen LogP contribution in [0.15, 0.2) is 12.3 Å². The molecule has 12 heteroatoms. The predicted octanol–water partition coefficient (Wildman–Crippen LogP) is 3.76. The van der Waals surface area contributed by atoms with Gasteiger partial charge in [0.25, 0.3) is 5.92 Å². The summed E-state index contributed by atoms with van der Waals surface area (Å²) in [7, 11) is 0. The van der Waals surface area contributed by atoms with Gasteiger partial charge in [-0.1, -0.05) is 20.8 Å². The summed E-state index contributed by atoms with van der Waals surface area (Å²) in [6.07, 6.45) is -3.62. The number of rotatable bonds is 3. The van der Waals surface area contributed by atoms with Gasteiger partial charge in [-0.25, -0.2) is 23.7 Å². The molecule has 0 radical (unpaired) electrons. The monoisotopic (exact) mass is 429 g/mol. The Morgan fingerprint density at radius 3 is 2.43 bits per heavy atom. The highest BCUT2D eigenvalue weighted by molar-refractivity contribution is 5.84. The molecule has 0 aliphatic carbocycles. The first-order valence-electron chi connectivity index (χ1n) is 9.32. The molecule has 0 amide bonds. The zero-order chi connectivity index (χ0) is 21.9. The van der Waals surface area contributed by atoms with Gasteiger partial charge in [0.2, 0.25) is 0 Å². The summed E-state index contributed by atoms with van der Waals surface area (Å²) in [6.45, 7) is 5.29. The van der Waals surface area contributed by atoms with Crippen LogP contribution < -0.4 is 4.90 Å². The zero-order valence-electron chi connectivity index (χ0n) is 16.6. The first-order valence-corrected chi connectivity index (χ1v) is 9.32. The standard InChI is InChI=1S/C18H20F5N7/c1-16(2,3)15-26-13-12(14(27-15)29-7-5-17(19,20)9-29)24-11(25-13)8-30-6-4-10(28-30)18(21,22)23/h4,6H,5,7-9H2,1-3H3,(H,24,25,26,27). The van der Waals surface area contributed by atoms with Crippen molar-refractivity contribution in [2.45, 2.75) is 51.3 Å². The average Bonchev–Trinajstić information content (AvgIpc) is 3.30. The summed E-state index contributed by atoms with van der Waals surface area (Å²) in [4.78, 5) is 17.8. The minimum absolute atomic E-state index is 0.0626. The fourth-order valence-electron chi connectivity index (χ4n) is 3.24. The molecular weight excluding hydrogens is 409 g/mol. The van der Waals surface area contributed by atoms with Crippen molar-refractivity contribution in [3.8, 4) is 0 Å². The van der Waals surface area contributed by atoms with E-state index in [1.807, 2.05) is 20.8 Å². The molecule has 1 saturated heterocycles. The Bertz CT molecular complexity index is 1080. The third kappa shape index (κ3) is 3.94. The van der Waals surface area contributed by atoms with Gasteiger partial charge in [-0.3, -0.25) is 4.68 Å². The number of anilines is 1. The quantitative estimate of drug-likeness (QED) is 0.642. The van der Waals surface area contributed by atoms with E-state index in [0.717, 1.165) is 10.7 Å². The number of hydrogen-bond acceptors (Lipinski definition) is 5. The smallest absolute Gasteiger partial charge is 0.348 e. The van der Waals surface area contributed by atoms with Crippen molar-refractivity contribution >= 4 is 17.0 Å².